The molecule has 22 heavy (non-hydrogen) atoms. The van der Waals surface area contributed by atoms with Crippen LogP contribution >= 0.6 is 0 Å². The number of H-pyrrole nitrogens is 1. The van der Waals surface area contributed by atoms with Crippen molar-refractivity contribution >= 4 is 6.09 Å². The Bertz CT molecular complexity index is 465. The Morgan fingerprint density at radius 1 is 1.50 bits per heavy atom. The number of nitrogens with zero attached hydrogens (tertiary/aromatic N) is 1. The number of aromatic amines is 1. The molecule has 2 heterocycles. The Morgan fingerprint density at radius 2 is 2.27 bits per heavy atom. The van der Waals surface area contributed by atoms with Crippen LogP contribution in [0.2, 0.25) is 0 Å². The van der Waals surface area contributed by atoms with E-state index < -0.39 is 5.60 Å². The second-order valence-electron chi connectivity index (χ2n) is 7.08. The maximum Gasteiger partial charge on any atom is 0.410 e. The number of rotatable bonds is 4. The predicted molar refractivity (Wildman–Crippen MR) is 87.8 cm³/mol. The highest BCUT2D eigenvalue weighted by molar-refractivity contribution is 5.68. The summed E-state index contributed by atoms with van der Waals surface area (Å²) in [6.45, 7) is 9.45. The van der Waals surface area contributed by atoms with Gasteiger partial charge < -0.3 is 19.9 Å². The number of amides is 1. The Hall–Kier alpha value is -1.49. The van der Waals surface area contributed by atoms with Crippen LogP contribution in [0.25, 0.3) is 0 Å². The van der Waals surface area contributed by atoms with E-state index in [2.05, 4.69) is 23.3 Å². The summed E-state index contributed by atoms with van der Waals surface area (Å²) in [6.07, 6.45) is 5.00. The zero-order chi connectivity index (χ0) is 16.2. The van der Waals surface area contributed by atoms with E-state index in [1.54, 1.807) is 0 Å². The van der Waals surface area contributed by atoms with Gasteiger partial charge in [0.1, 0.15) is 5.60 Å². The molecule has 1 aliphatic rings. The van der Waals surface area contributed by atoms with E-state index in [0.717, 1.165) is 25.9 Å². The van der Waals surface area contributed by atoms with Gasteiger partial charge in [-0.25, -0.2) is 4.79 Å². The van der Waals surface area contributed by atoms with E-state index in [1.807, 2.05) is 37.9 Å². The van der Waals surface area contributed by atoms with Crippen molar-refractivity contribution in [3.63, 3.8) is 0 Å². The minimum absolute atomic E-state index is 0.188. The average Bonchev–Trinajstić information content (AvgIpc) is 2.97. The van der Waals surface area contributed by atoms with Gasteiger partial charge in [-0.15, -0.1) is 0 Å². The van der Waals surface area contributed by atoms with Crippen LogP contribution in [0.3, 0.4) is 0 Å². The second kappa shape index (κ2) is 7.18. The molecule has 1 fully saturated rings. The smallest absolute Gasteiger partial charge is 0.410 e. The molecular weight excluding hydrogens is 278 g/mol. The van der Waals surface area contributed by atoms with E-state index in [9.17, 15) is 4.79 Å². The van der Waals surface area contributed by atoms with Crippen molar-refractivity contribution in [2.75, 3.05) is 13.1 Å². The van der Waals surface area contributed by atoms with E-state index in [-0.39, 0.29) is 18.2 Å². The molecule has 2 rings (SSSR count). The van der Waals surface area contributed by atoms with Gasteiger partial charge in [0, 0.05) is 37.1 Å². The second-order valence-corrected chi connectivity index (χ2v) is 7.08. The molecule has 2 N–H and O–H groups in total. The van der Waals surface area contributed by atoms with Gasteiger partial charge in [0.2, 0.25) is 0 Å². The quantitative estimate of drug-likeness (QED) is 0.895. The first-order valence-electron chi connectivity index (χ1n) is 8.23. The fourth-order valence-electron chi connectivity index (χ4n) is 2.81. The van der Waals surface area contributed by atoms with Crippen molar-refractivity contribution in [3.05, 3.63) is 24.0 Å². The van der Waals surface area contributed by atoms with E-state index in [0.29, 0.717) is 0 Å². The molecule has 0 aromatic carbocycles. The number of hydrogen-bond acceptors (Lipinski definition) is 3. The van der Waals surface area contributed by atoms with Crippen molar-refractivity contribution in [1.29, 1.82) is 0 Å². The van der Waals surface area contributed by atoms with Gasteiger partial charge in [0.05, 0.1) is 0 Å². The molecule has 1 aromatic heterocycles. The largest absolute Gasteiger partial charge is 0.444 e. The van der Waals surface area contributed by atoms with Crippen LogP contribution in [0.4, 0.5) is 4.79 Å². The van der Waals surface area contributed by atoms with Crippen molar-refractivity contribution in [1.82, 2.24) is 15.2 Å². The highest BCUT2D eigenvalue weighted by Gasteiger charge is 2.30. The number of ether oxygens (including phenoxy) is 1. The van der Waals surface area contributed by atoms with Gasteiger partial charge in [-0.3, -0.25) is 0 Å². The summed E-state index contributed by atoms with van der Waals surface area (Å²) in [4.78, 5) is 17.5. The van der Waals surface area contributed by atoms with E-state index in [1.165, 1.54) is 12.1 Å². The first-order valence-corrected chi connectivity index (χ1v) is 8.23. The Balaban J connectivity index is 1.90. The number of piperidine rings is 1. The average molecular weight is 307 g/mol. The summed E-state index contributed by atoms with van der Waals surface area (Å²) >= 11 is 0. The van der Waals surface area contributed by atoms with Gasteiger partial charge in [-0.2, -0.15) is 0 Å². The summed E-state index contributed by atoms with van der Waals surface area (Å²) in [7, 11) is 0. The number of aromatic nitrogens is 1. The van der Waals surface area contributed by atoms with Crippen LogP contribution in [0, 0.1) is 0 Å². The number of likely N-dealkylation sites (tertiary alicyclic amines) is 1. The van der Waals surface area contributed by atoms with E-state index >= 15 is 0 Å². The van der Waals surface area contributed by atoms with Crippen LogP contribution in [0.15, 0.2) is 18.3 Å². The minimum atomic E-state index is -0.440. The van der Waals surface area contributed by atoms with Gasteiger partial charge in [0.15, 0.2) is 0 Å². The third-order valence-electron chi connectivity index (χ3n) is 4.00. The van der Waals surface area contributed by atoms with Crippen LogP contribution in [-0.2, 0) is 4.74 Å². The molecule has 1 aliphatic heterocycles. The highest BCUT2D eigenvalue weighted by atomic mass is 16.6. The van der Waals surface area contributed by atoms with Crippen LogP contribution in [0.5, 0.6) is 0 Å². The summed E-state index contributed by atoms with van der Waals surface area (Å²) in [6, 6.07) is 4.53. The minimum Gasteiger partial charge on any atom is -0.444 e. The molecule has 5 nitrogen and oxygen atoms in total. The lowest BCUT2D eigenvalue weighted by Crippen LogP contribution is -2.50. The third-order valence-corrected chi connectivity index (χ3v) is 4.00. The van der Waals surface area contributed by atoms with Crippen LogP contribution in [-0.4, -0.2) is 40.7 Å². The zero-order valence-electron chi connectivity index (χ0n) is 14.2. The van der Waals surface area contributed by atoms with Crippen molar-refractivity contribution in [2.24, 2.45) is 0 Å². The molecule has 1 amide bonds. The SMILES string of the molecule is C[C@@H](NC[C@H]1CCCCN1C(=O)OC(C)(C)C)c1ccc[nH]1. The Labute approximate surface area is 133 Å². The lowest BCUT2D eigenvalue weighted by atomic mass is 10.0. The number of nitrogens with one attached hydrogen (secondary N) is 2. The summed E-state index contributed by atoms with van der Waals surface area (Å²) < 4.78 is 5.54. The number of hydrogen-bond donors (Lipinski definition) is 2. The lowest BCUT2D eigenvalue weighted by molar-refractivity contribution is 0.00969. The first kappa shape index (κ1) is 16.9. The molecule has 2 atom stereocenters. The van der Waals surface area contributed by atoms with Crippen LogP contribution < -0.4 is 5.32 Å². The number of carbonyl (C=O) groups is 1. The molecule has 1 aromatic rings. The Kier molecular flexibility index (Phi) is 5.51. The molecule has 0 bridgehead atoms. The highest BCUT2D eigenvalue weighted by Crippen LogP contribution is 2.21. The molecule has 0 unspecified atom stereocenters. The summed E-state index contributed by atoms with van der Waals surface area (Å²) in [5.41, 5.74) is 0.726. The topological polar surface area (TPSA) is 57.4 Å². The van der Waals surface area contributed by atoms with Crippen molar-refractivity contribution in [3.8, 4) is 0 Å². The standard InChI is InChI=1S/C17H29N3O2/c1-13(15-9-7-10-18-15)19-12-14-8-5-6-11-20(14)16(21)22-17(2,3)4/h7,9-10,13-14,18-19H,5-6,8,11-12H2,1-4H3/t13-,14-/m1/s1. The molecule has 0 spiro atoms. The molecule has 0 aliphatic carbocycles. The van der Waals surface area contributed by atoms with Crippen molar-refractivity contribution < 1.29 is 9.53 Å². The molecule has 0 radical (unpaired) electrons. The van der Waals surface area contributed by atoms with E-state index in [4.69, 9.17) is 4.74 Å². The molecule has 0 saturated carbocycles. The fourth-order valence-corrected chi connectivity index (χ4v) is 2.81. The van der Waals surface area contributed by atoms with Gasteiger partial charge in [-0.05, 0) is 59.1 Å². The normalized spacial score (nSPS) is 20.7. The maximum absolute atomic E-state index is 12.4. The zero-order valence-corrected chi connectivity index (χ0v) is 14.2. The summed E-state index contributed by atoms with van der Waals surface area (Å²) in [5, 5.41) is 3.52. The van der Waals surface area contributed by atoms with Crippen molar-refractivity contribution in [2.45, 2.75) is 64.6 Å². The molecule has 124 valence electrons. The van der Waals surface area contributed by atoms with Gasteiger partial charge in [-0.1, -0.05) is 0 Å². The predicted octanol–water partition coefficient (Wildman–Crippen LogP) is 3.45. The van der Waals surface area contributed by atoms with Gasteiger partial charge >= 0.3 is 6.09 Å². The van der Waals surface area contributed by atoms with Crippen LogP contribution in [0.1, 0.15) is 58.7 Å². The third kappa shape index (κ3) is 4.77. The molecular formula is C17H29N3O2. The summed E-state index contributed by atoms with van der Waals surface area (Å²) in [5.74, 6) is 0. The van der Waals surface area contributed by atoms with Gasteiger partial charge in [0.25, 0.3) is 0 Å². The number of carbonyl (C=O) groups excluding carboxylic acids is 1. The monoisotopic (exact) mass is 307 g/mol. The lowest BCUT2D eigenvalue weighted by Gasteiger charge is -2.37. The first-order chi connectivity index (χ1) is 10.4. The Morgan fingerprint density at radius 3 is 2.91 bits per heavy atom. The molecule has 1 saturated heterocycles. The molecule has 5 heteroatoms. The fraction of sp³-hybridized carbons (Fsp3) is 0.706. The maximum atomic E-state index is 12.4.